The Kier molecular flexibility index (Phi) is 4.76. The molecule has 2 bridgehead atoms. The molecule has 0 aromatic rings. The highest BCUT2D eigenvalue weighted by Gasteiger charge is 2.49. The smallest absolute Gasteiger partial charge is 0.0172 e. The van der Waals surface area contributed by atoms with Crippen molar-refractivity contribution in [1.29, 1.82) is 0 Å². The third-order valence-corrected chi connectivity index (χ3v) is 5.26. The molecule has 2 aliphatic carbocycles. The maximum absolute atomic E-state index is 4.51. The van der Waals surface area contributed by atoms with Gasteiger partial charge in [0.05, 0.1) is 0 Å². The van der Waals surface area contributed by atoms with Crippen LogP contribution in [0.5, 0.6) is 0 Å². The summed E-state index contributed by atoms with van der Waals surface area (Å²) in [6.07, 6.45) is 6.71. The molecule has 0 spiro atoms. The van der Waals surface area contributed by atoms with E-state index in [1.165, 1.54) is 56.5 Å². The summed E-state index contributed by atoms with van der Waals surface area (Å²) >= 11 is 0. The Labute approximate surface area is 119 Å². The SMILES string of the molecule is C=C(C)C1C2CCC(C2)C1C(=C)N(CCC)CCC. The number of nitrogens with zero attached hydrogens (tertiary/aromatic N) is 1. The molecule has 2 fully saturated rings. The highest BCUT2D eigenvalue weighted by Crippen LogP contribution is 2.57. The van der Waals surface area contributed by atoms with E-state index in [9.17, 15) is 0 Å². The second-order valence-electron chi connectivity index (χ2n) is 6.71. The van der Waals surface area contributed by atoms with Gasteiger partial charge in [0.1, 0.15) is 0 Å². The summed E-state index contributed by atoms with van der Waals surface area (Å²) in [4.78, 5) is 2.56. The maximum Gasteiger partial charge on any atom is 0.0172 e. The van der Waals surface area contributed by atoms with E-state index in [0.29, 0.717) is 11.8 Å². The Morgan fingerprint density at radius 3 is 2.00 bits per heavy atom. The monoisotopic (exact) mass is 261 g/mol. The van der Waals surface area contributed by atoms with Crippen molar-refractivity contribution in [2.45, 2.75) is 52.9 Å². The summed E-state index contributed by atoms with van der Waals surface area (Å²) in [7, 11) is 0. The molecular formula is C18H31N. The van der Waals surface area contributed by atoms with Crippen LogP contribution < -0.4 is 0 Å². The molecule has 0 heterocycles. The molecule has 0 N–H and O–H groups in total. The van der Waals surface area contributed by atoms with Crippen LogP contribution in [0.3, 0.4) is 0 Å². The van der Waals surface area contributed by atoms with Crippen molar-refractivity contribution in [3.8, 4) is 0 Å². The first-order chi connectivity index (χ1) is 9.10. The van der Waals surface area contributed by atoms with Gasteiger partial charge in [-0.3, -0.25) is 0 Å². The number of hydrogen-bond acceptors (Lipinski definition) is 1. The average Bonchev–Trinajstić information content (AvgIpc) is 2.97. The van der Waals surface area contributed by atoms with E-state index in [1.807, 2.05) is 0 Å². The summed E-state index contributed by atoms with van der Waals surface area (Å²) < 4.78 is 0. The minimum atomic E-state index is 0.689. The summed E-state index contributed by atoms with van der Waals surface area (Å²) in [5.74, 6) is 3.18. The van der Waals surface area contributed by atoms with Gasteiger partial charge in [0.15, 0.2) is 0 Å². The van der Waals surface area contributed by atoms with E-state index in [1.54, 1.807) is 0 Å². The van der Waals surface area contributed by atoms with Gasteiger partial charge in [0.25, 0.3) is 0 Å². The third-order valence-electron chi connectivity index (χ3n) is 5.26. The van der Waals surface area contributed by atoms with Gasteiger partial charge in [-0.25, -0.2) is 0 Å². The van der Waals surface area contributed by atoms with Gasteiger partial charge in [-0.1, -0.05) is 32.6 Å². The van der Waals surface area contributed by atoms with Crippen molar-refractivity contribution in [3.05, 3.63) is 24.4 Å². The Hall–Kier alpha value is -0.720. The van der Waals surface area contributed by atoms with Crippen LogP contribution in [0, 0.1) is 23.7 Å². The Balaban J connectivity index is 2.13. The van der Waals surface area contributed by atoms with Gasteiger partial charge in [-0.2, -0.15) is 0 Å². The van der Waals surface area contributed by atoms with Crippen molar-refractivity contribution in [2.75, 3.05) is 13.1 Å². The highest BCUT2D eigenvalue weighted by atomic mass is 15.1. The van der Waals surface area contributed by atoms with E-state index in [-0.39, 0.29) is 0 Å². The molecule has 0 aliphatic heterocycles. The van der Waals surface area contributed by atoms with Gasteiger partial charge in [-0.05, 0) is 56.8 Å². The van der Waals surface area contributed by atoms with E-state index in [2.05, 4.69) is 38.8 Å². The Morgan fingerprint density at radius 2 is 1.53 bits per heavy atom. The van der Waals surface area contributed by atoms with Crippen LogP contribution in [0.1, 0.15) is 52.9 Å². The fourth-order valence-electron chi connectivity index (χ4n) is 4.63. The van der Waals surface area contributed by atoms with Gasteiger partial charge in [0, 0.05) is 24.7 Å². The zero-order chi connectivity index (χ0) is 14.0. The molecule has 4 atom stereocenters. The first kappa shape index (κ1) is 14.7. The van der Waals surface area contributed by atoms with Crippen LogP contribution in [-0.4, -0.2) is 18.0 Å². The van der Waals surface area contributed by atoms with E-state index in [0.717, 1.165) is 11.8 Å². The third kappa shape index (κ3) is 2.75. The van der Waals surface area contributed by atoms with Crippen molar-refractivity contribution in [1.82, 2.24) is 4.90 Å². The second-order valence-corrected chi connectivity index (χ2v) is 6.71. The summed E-state index contributed by atoms with van der Waals surface area (Å²) in [6, 6.07) is 0. The number of rotatable bonds is 7. The zero-order valence-electron chi connectivity index (χ0n) is 13.1. The quantitative estimate of drug-likeness (QED) is 0.592. The molecule has 1 nitrogen and oxygen atoms in total. The summed E-state index contributed by atoms with van der Waals surface area (Å²) in [5, 5.41) is 0. The Bertz CT molecular complexity index is 338. The first-order valence-electron chi connectivity index (χ1n) is 8.19. The molecular weight excluding hydrogens is 230 g/mol. The largest absolute Gasteiger partial charge is 0.375 e. The molecule has 0 aromatic heterocycles. The van der Waals surface area contributed by atoms with Gasteiger partial charge in [0.2, 0.25) is 0 Å². The fraction of sp³-hybridized carbons (Fsp3) is 0.778. The number of allylic oxidation sites excluding steroid dienone is 2. The summed E-state index contributed by atoms with van der Waals surface area (Å²) in [6.45, 7) is 17.9. The zero-order valence-corrected chi connectivity index (χ0v) is 13.1. The molecule has 0 aromatic carbocycles. The van der Waals surface area contributed by atoms with Crippen molar-refractivity contribution < 1.29 is 0 Å². The lowest BCUT2D eigenvalue weighted by Crippen LogP contribution is -2.34. The lowest BCUT2D eigenvalue weighted by atomic mass is 9.74. The van der Waals surface area contributed by atoms with Crippen LogP contribution in [0.4, 0.5) is 0 Å². The lowest BCUT2D eigenvalue weighted by molar-refractivity contribution is 0.218. The van der Waals surface area contributed by atoms with Crippen LogP contribution in [-0.2, 0) is 0 Å². The second kappa shape index (κ2) is 6.15. The highest BCUT2D eigenvalue weighted by molar-refractivity contribution is 5.19. The van der Waals surface area contributed by atoms with Crippen molar-refractivity contribution in [3.63, 3.8) is 0 Å². The van der Waals surface area contributed by atoms with E-state index < -0.39 is 0 Å². The fourth-order valence-corrected chi connectivity index (χ4v) is 4.63. The minimum absolute atomic E-state index is 0.689. The molecule has 0 saturated heterocycles. The molecule has 0 amide bonds. The first-order valence-corrected chi connectivity index (χ1v) is 8.19. The Morgan fingerprint density at radius 1 is 1.00 bits per heavy atom. The molecule has 4 unspecified atom stereocenters. The molecule has 2 aliphatic rings. The minimum Gasteiger partial charge on any atom is -0.375 e. The van der Waals surface area contributed by atoms with Gasteiger partial charge in [-0.15, -0.1) is 0 Å². The molecule has 2 rings (SSSR count). The topological polar surface area (TPSA) is 3.24 Å². The summed E-state index contributed by atoms with van der Waals surface area (Å²) in [5.41, 5.74) is 2.81. The van der Waals surface area contributed by atoms with Crippen molar-refractivity contribution in [2.24, 2.45) is 23.7 Å². The molecule has 108 valence electrons. The molecule has 0 radical (unpaired) electrons. The predicted octanol–water partition coefficient (Wildman–Crippen LogP) is 4.86. The average molecular weight is 261 g/mol. The molecule has 2 saturated carbocycles. The van der Waals surface area contributed by atoms with Gasteiger partial charge < -0.3 is 4.90 Å². The normalized spacial score (nSPS) is 32.6. The lowest BCUT2D eigenvalue weighted by Gasteiger charge is -2.38. The van der Waals surface area contributed by atoms with Crippen LogP contribution in [0.25, 0.3) is 0 Å². The van der Waals surface area contributed by atoms with Crippen LogP contribution in [0.2, 0.25) is 0 Å². The molecule has 1 heteroatoms. The van der Waals surface area contributed by atoms with E-state index in [4.69, 9.17) is 0 Å². The van der Waals surface area contributed by atoms with Gasteiger partial charge >= 0.3 is 0 Å². The van der Waals surface area contributed by atoms with E-state index >= 15 is 0 Å². The van der Waals surface area contributed by atoms with Crippen molar-refractivity contribution >= 4 is 0 Å². The molecule has 19 heavy (non-hydrogen) atoms. The predicted molar refractivity (Wildman–Crippen MR) is 83.9 cm³/mol. The standard InChI is InChI=1S/C18H31N/c1-6-10-19(11-7-2)14(5)18-16-9-8-15(12-16)17(18)13(3)4/h15-18H,3,5-12H2,1-2,4H3. The maximum atomic E-state index is 4.51. The number of hydrogen-bond donors (Lipinski definition) is 0. The number of fused-ring (bicyclic) bond motifs is 2. The van der Waals surface area contributed by atoms with Crippen LogP contribution in [0.15, 0.2) is 24.4 Å². The van der Waals surface area contributed by atoms with Crippen LogP contribution >= 0.6 is 0 Å².